The number of fused-ring (bicyclic) bond motifs is 2. The molecule has 2 atom stereocenters. The number of nitrogens with one attached hydrogen (secondary N) is 1. The number of carboxylic acids is 1. The van der Waals surface area contributed by atoms with Gasteiger partial charge >= 0.3 is 17.9 Å². The number of nitrogens with two attached hydrogens (primary N) is 1. The normalized spacial score (nSPS) is 18.5. The van der Waals surface area contributed by atoms with Crippen molar-refractivity contribution >= 4 is 93.2 Å². The van der Waals surface area contributed by atoms with E-state index >= 15 is 0 Å². The number of ketones is 2. The fourth-order valence-electron chi connectivity index (χ4n) is 10.2. The summed E-state index contributed by atoms with van der Waals surface area (Å²) in [6.45, 7) is 11.8. The predicted octanol–water partition coefficient (Wildman–Crippen LogP) is 8.55. The van der Waals surface area contributed by atoms with E-state index in [9.17, 15) is 28.8 Å². The lowest BCUT2D eigenvalue weighted by molar-refractivity contribution is -0.152. The van der Waals surface area contributed by atoms with Gasteiger partial charge in [0.1, 0.15) is 29.5 Å². The maximum absolute atomic E-state index is 12.3. The first kappa shape index (κ1) is 59.2. The number of amides is 1. The highest BCUT2D eigenvalue weighted by molar-refractivity contribution is 6.44. The largest absolute Gasteiger partial charge is 0.494 e. The Labute approximate surface area is 470 Å². The van der Waals surface area contributed by atoms with Crippen molar-refractivity contribution in [3.8, 4) is 11.5 Å². The molecule has 16 nitrogen and oxygen atoms in total. The Balaban J connectivity index is 0.000000200. The van der Waals surface area contributed by atoms with Gasteiger partial charge in [0, 0.05) is 96.4 Å². The van der Waals surface area contributed by atoms with Gasteiger partial charge in [0.25, 0.3) is 0 Å². The molecule has 0 saturated carbocycles. The molecular weight excluding hydrogens is 1070 g/mol. The lowest BCUT2D eigenvalue weighted by atomic mass is 9.82. The summed E-state index contributed by atoms with van der Waals surface area (Å²) >= 11 is 25.1. The van der Waals surface area contributed by atoms with Crippen LogP contribution in [0.3, 0.4) is 0 Å². The smallest absolute Gasteiger partial charge is 0.314 e. The molecule has 3 saturated heterocycles. The van der Waals surface area contributed by atoms with Gasteiger partial charge in [-0.15, -0.1) is 0 Å². The van der Waals surface area contributed by atoms with Gasteiger partial charge in [0.2, 0.25) is 5.91 Å². The third-order valence-electron chi connectivity index (χ3n) is 14.3. The van der Waals surface area contributed by atoms with Crippen LogP contribution in [0.1, 0.15) is 91.9 Å². The summed E-state index contributed by atoms with van der Waals surface area (Å²) in [5.41, 5.74) is 12.1. The second-order valence-electron chi connectivity index (χ2n) is 19.8. The van der Waals surface area contributed by atoms with Crippen LogP contribution >= 0.6 is 46.4 Å². The highest BCUT2D eigenvalue weighted by atomic mass is 35.5. The molecule has 0 radical (unpaired) electrons. The van der Waals surface area contributed by atoms with Crippen LogP contribution < -0.4 is 30.3 Å². The van der Waals surface area contributed by atoms with Crippen LogP contribution in [0.5, 0.6) is 11.5 Å². The van der Waals surface area contributed by atoms with Crippen LogP contribution in [-0.4, -0.2) is 142 Å². The number of esters is 2. The summed E-state index contributed by atoms with van der Waals surface area (Å²) in [5.74, 6) is -0.581. The molecular formula is C57H68Cl4N6O10. The number of carbonyl (C=O) groups excluding carboxylic acids is 5. The number of nitrogens with zero attached hydrogens (tertiary/aromatic N) is 4. The highest BCUT2D eigenvalue weighted by Gasteiger charge is 2.28. The van der Waals surface area contributed by atoms with Crippen molar-refractivity contribution in [3.05, 3.63) is 115 Å². The molecule has 4 N–H and O–H groups in total. The van der Waals surface area contributed by atoms with Crippen molar-refractivity contribution in [2.45, 2.75) is 82.5 Å². The van der Waals surface area contributed by atoms with Gasteiger partial charge in [-0.25, -0.2) is 0 Å². The molecule has 77 heavy (non-hydrogen) atoms. The van der Waals surface area contributed by atoms with E-state index in [-0.39, 0.29) is 42.8 Å². The Kier molecular flexibility index (Phi) is 22.7. The average molecular weight is 1140 g/mol. The molecule has 0 bridgehead atoms. The fourth-order valence-corrected chi connectivity index (χ4v) is 11.0. The van der Waals surface area contributed by atoms with Crippen molar-refractivity contribution in [2.24, 2.45) is 5.73 Å². The van der Waals surface area contributed by atoms with E-state index in [2.05, 4.69) is 35.7 Å². The van der Waals surface area contributed by atoms with E-state index in [4.69, 9.17) is 66.7 Å². The van der Waals surface area contributed by atoms with E-state index in [1.165, 1.54) is 5.56 Å². The lowest BCUT2D eigenvalue weighted by Gasteiger charge is -2.36. The molecule has 5 aliphatic rings. The number of Topliss-reactive ketones (excluding diaryl/α,β-unsaturated/α-hetero) is 2. The number of anilines is 2. The van der Waals surface area contributed by atoms with Gasteiger partial charge in [0.15, 0.2) is 0 Å². The number of aliphatic carboxylic acids is 1. The molecule has 2 aliphatic carbocycles. The van der Waals surface area contributed by atoms with E-state index in [0.717, 1.165) is 131 Å². The molecule has 3 heterocycles. The van der Waals surface area contributed by atoms with E-state index < -0.39 is 30.2 Å². The first-order valence-corrected chi connectivity index (χ1v) is 27.9. The Morgan fingerprint density at radius 2 is 1.08 bits per heavy atom. The van der Waals surface area contributed by atoms with Crippen molar-refractivity contribution < 1.29 is 48.1 Å². The van der Waals surface area contributed by atoms with Gasteiger partial charge in [-0.2, -0.15) is 0 Å². The van der Waals surface area contributed by atoms with Crippen LogP contribution in [-0.2, 0) is 46.3 Å². The Hall–Kier alpha value is -5.46. The monoisotopic (exact) mass is 1140 g/mol. The third-order valence-corrected chi connectivity index (χ3v) is 15.9. The number of unbranched alkanes of at least 4 members (excludes halogenated alkanes) is 2. The van der Waals surface area contributed by atoms with Gasteiger partial charge in [0.05, 0.1) is 57.5 Å². The number of ether oxygens (including phenoxy) is 3. The van der Waals surface area contributed by atoms with Crippen LogP contribution in [0.2, 0.25) is 20.1 Å². The van der Waals surface area contributed by atoms with Crippen LogP contribution in [0.4, 0.5) is 11.4 Å². The SMILES string of the molecule is NCC1CC(=O)Cc2cc(OCCCCN3CCN(c4cccc(Cl)c4Cl)CC3)ccc21.O=C(O)CC(=O)NCC1CC(=O)Cc2cc(OCCCCN3CCN(c4cccc(Cl)c4Cl)CC3)ccc21.O=C1CCC(=O)O1. The molecule has 20 heteroatoms. The van der Waals surface area contributed by atoms with Crippen molar-refractivity contribution in [1.29, 1.82) is 0 Å². The summed E-state index contributed by atoms with van der Waals surface area (Å²) in [4.78, 5) is 76.2. The minimum absolute atomic E-state index is 0.102. The second kappa shape index (κ2) is 29.5. The van der Waals surface area contributed by atoms with Gasteiger partial charge in [-0.05, 0) is 116 Å². The number of carboxylic acid groups (broad SMARTS) is 1. The number of carbonyl (C=O) groups is 6. The minimum Gasteiger partial charge on any atom is -0.494 e. The number of halogens is 4. The molecule has 4 aromatic carbocycles. The molecule has 0 spiro atoms. The number of hydrogen-bond donors (Lipinski definition) is 3. The number of cyclic esters (lactones) is 2. The summed E-state index contributed by atoms with van der Waals surface area (Å²) in [6.07, 6.45) is 5.73. The summed E-state index contributed by atoms with van der Waals surface area (Å²) in [5, 5.41) is 13.8. The lowest BCUT2D eigenvalue weighted by Crippen LogP contribution is -2.46. The van der Waals surface area contributed by atoms with Crippen LogP contribution in [0.15, 0.2) is 72.8 Å². The third kappa shape index (κ3) is 17.8. The topological polar surface area (TPSA) is 201 Å². The first-order valence-electron chi connectivity index (χ1n) is 26.4. The zero-order valence-electron chi connectivity index (χ0n) is 43.3. The van der Waals surface area contributed by atoms with Crippen LogP contribution in [0.25, 0.3) is 0 Å². The molecule has 2 unspecified atom stereocenters. The number of benzene rings is 4. The Bertz CT molecular complexity index is 2700. The zero-order chi connectivity index (χ0) is 54.8. The molecule has 414 valence electrons. The zero-order valence-corrected chi connectivity index (χ0v) is 46.3. The second-order valence-corrected chi connectivity index (χ2v) is 21.4. The first-order chi connectivity index (χ1) is 37.1. The van der Waals surface area contributed by atoms with Crippen molar-refractivity contribution in [3.63, 3.8) is 0 Å². The maximum Gasteiger partial charge on any atom is 0.314 e. The number of piperazine rings is 2. The predicted molar refractivity (Wildman–Crippen MR) is 299 cm³/mol. The fraction of sp³-hybridized carbons (Fsp3) is 0.474. The number of hydrogen-bond acceptors (Lipinski definition) is 14. The van der Waals surface area contributed by atoms with E-state index in [1.54, 1.807) is 6.07 Å². The molecule has 9 rings (SSSR count). The standard InChI is InChI=1S/C28H33Cl2N3O5.C25H31Cl2N3O2.C4H4O3/c29-24-4-3-5-25(28(24)30)33-11-9-32(10-12-33)8-1-2-13-38-22-6-7-23-19(16-22)14-21(34)15-20(23)18-31-26(35)17-27(36)37;26-23-4-3-5-24(25(23)27)30-11-9-29(10-12-30)8-1-2-13-32-21-6-7-22-18(16-21)14-20(31)15-19(22)17-28;5-3-1-2-4(6)7-3/h3-7,16,20H,1-2,8-15,17-18H2,(H,31,35)(H,36,37);3-7,16,19H,1-2,8-15,17,28H2;1-2H2. The molecule has 0 aromatic heterocycles. The van der Waals surface area contributed by atoms with Crippen molar-refractivity contribution in [1.82, 2.24) is 15.1 Å². The highest BCUT2D eigenvalue weighted by Crippen LogP contribution is 2.36. The van der Waals surface area contributed by atoms with E-state index in [1.807, 2.05) is 60.7 Å². The van der Waals surface area contributed by atoms with Gasteiger partial charge < -0.3 is 40.2 Å². The summed E-state index contributed by atoms with van der Waals surface area (Å²) in [6, 6.07) is 23.5. The molecule has 1 amide bonds. The van der Waals surface area contributed by atoms with Gasteiger partial charge in [-0.1, -0.05) is 70.7 Å². The molecule has 3 aliphatic heterocycles. The quantitative estimate of drug-likeness (QED) is 0.0458. The minimum atomic E-state index is -1.17. The van der Waals surface area contributed by atoms with Gasteiger partial charge in [-0.3, -0.25) is 38.6 Å². The average Bonchev–Trinajstić information content (AvgIpc) is 3.82. The Morgan fingerprint density at radius 3 is 1.51 bits per heavy atom. The van der Waals surface area contributed by atoms with Crippen LogP contribution in [0, 0.1) is 0 Å². The molecule has 3 fully saturated rings. The summed E-state index contributed by atoms with van der Waals surface area (Å²) in [7, 11) is 0. The number of rotatable bonds is 19. The van der Waals surface area contributed by atoms with E-state index in [0.29, 0.717) is 65.5 Å². The summed E-state index contributed by atoms with van der Waals surface area (Å²) < 4.78 is 16.0. The van der Waals surface area contributed by atoms with Crippen molar-refractivity contribution in [2.75, 3.05) is 102 Å². The Morgan fingerprint density at radius 1 is 0.623 bits per heavy atom. The molecule has 4 aromatic rings. The maximum atomic E-state index is 12.3.